The van der Waals surface area contributed by atoms with Crippen LogP contribution in [0.3, 0.4) is 0 Å². The van der Waals surface area contributed by atoms with Crippen molar-refractivity contribution in [3.63, 3.8) is 0 Å². The van der Waals surface area contributed by atoms with Crippen LogP contribution in [-0.4, -0.2) is 4.98 Å². The van der Waals surface area contributed by atoms with E-state index in [0.29, 0.717) is 21.7 Å². The van der Waals surface area contributed by atoms with Crippen molar-refractivity contribution in [1.29, 1.82) is 0 Å². The lowest BCUT2D eigenvalue weighted by molar-refractivity contribution is 1.11. The Kier molecular flexibility index (Phi) is 4.33. The van der Waals surface area contributed by atoms with Crippen LogP contribution in [0.4, 0.5) is 5.69 Å². The van der Waals surface area contributed by atoms with E-state index in [-0.39, 0.29) is 0 Å². The number of hydrogen-bond acceptors (Lipinski definition) is 2. The van der Waals surface area contributed by atoms with Crippen molar-refractivity contribution >= 4 is 40.5 Å². The molecule has 1 aromatic heterocycles. The van der Waals surface area contributed by atoms with Gasteiger partial charge in [-0.2, -0.15) is 0 Å². The second-order valence-corrected chi connectivity index (χ2v) is 5.09. The normalized spacial score (nSPS) is 10.4. The number of rotatable bonds is 3. The Morgan fingerprint density at radius 3 is 2.56 bits per heavy atom. The summed E-state index contributed by atoms with van der Waals surface area (Å²) in [5.41, 5.74) is 2.77. The molecule has 2 nitrogen and oxygen atoms in total. The molecule has 0 aliphatic carbocycles. The van der Waals surface area contributed by atoms with Crippen LogP contribution in [0.5, 0.6) is 0 Å². The minimum atomic E-state index is 0.488. The van der Waals surface area contributed by atoms with Crippen molar-refractivity contribution in [2.75, 3.05) is 5.32 Å². The highest BCUT2D eigenvalue weighted by Crippen LogP contribution is 2.23. The number of halogens is 3. The summed E-state index contributed by atoms with van der Waals surface area (Å²) in [7, 11) is 0. The van der Waals surface area contributed by atoms with Crippen molar-refractivity contribution in [1.82, 2.24) is 4.98 Å². The van der Waals surface area contributed by atoms with Gasteiger partial charge in [0.05, 0.1) is 11.4 Å². The topological polar surface area (TPSA) is 24.9 Å². The number of nitrogens with zero attached hydrogens (tertiary/aromatic N) is 1. The first-order valence-corrected chi connectivity index (χ1v) is 6.50. The predicted octanol–water partition coefficient (Wildman–Crippen LogP) is 4.96. The minimum Gasteiger partial charge on any atom is -0.379 e. The third-order valence-corrected chi connectivity index (χ3v) is 3.33. The molecular formula is C13H11Cl3N2. The lowest BCUT2D eigenvalue weighted by Crippen LogP contribution is -2.02. The molecular weight excluding hydrogens is 291 g/mol. The van der Waals surface area contributed by atoms with E-state index in [4.69, 9.17) is 34.8 Å². The fourth-order valence-electron chi connectivity index (χ4n) is 1.57. The van der Waals surface area contributed by atoms with E-state index in [1.165, 1.54) is 0 Å². The van der Waals surface area contributed by atoms with Crippen LogP contribution in [0.15, 0.2) is 30.3 Å². The molecule has 0 saturated heterocycles. The Morgan fingerprint density at radius 2 is 1.89 bits per heavy atom. The van der Waals surface area contributed by atoms with Gasteiger partial charge in [-0.3, -0.25) is 0 Å². The van der Waals surface area contributed by atoms with E-state index in [1.54, 1.807) is 12.1 Å². The zero-order valence-electron chi connectivity index (χ0n) is 9.67. The van der Waals surface area contributed by atoms with Gasteiger partial charge >= 0.3 is 0 Å². The molecule has 0 radical (unpaired) electrons. The molecule has 18 heavy (non-hydrogen) atoms. The number of pyridine rings is 1. The summed E-state index contributed by atoms with van der Waals surface area (Å²) in [4.78, 5) is 4.17. The first kappa shape index (κ1) is 13.5. The Morgan fingerprint density at radius 1 is 1.11 bits per heavy atom. The van der Waals surface area contributed by atoms with Crippen LogP contribution in [0, 0.1) is 6.92 Å². The van der Waals surface area contributed by atoms with E-state index >= 15 is 0 Å². The number of hydrogen-bond donors (Lipinski definition) is 1. The SMILES string of the molecule is Cc1nc(Cl)ccc1NCc1ccc(Cl)cc1Cl. The van der Waals surface area contributed by atoms with Gasteiger partial charge in [0.2, 0.25) is 0 Å². The van der Waals surface area contributed by atoms with Gasteiger partial charge in [-0.1, -0.05) is 40.9 Å². The highest BCUT2D eigenvalue weighted by atomic mass is 35.5. The number of nitrogens with one attached hydrogen (secondary N) is 1. The largest absolute Gasteiger partial charge is 0.379 e. The number of aryl methyl sites for hydroxylation is 1. The van der Waals surface area contributed by atoms with Crippen molar-refractivity contribution in [3.8, 4) is 0 Å². The summed E-state index contributed by atoms with van der Waals surface area (Å²) >= 11 is 17.7. The van der Waals surface area contributed by atoms with Crippen molar-refractivity contribution in [2.24, 2.45) is 0 Å². The van der Waals surface area contributed by atoms with Gasteiger partial charge in [0.25, 0.3) is 0 Å². The minimum absolute atomic E-state index is 0.488. The van der Waals surface area contributed by atoms with Crippen molar-refractivity contribution in [2.45, 2.75) is 13.5 Å². The second-order valence-electron chi connectivity index (χ2n) is 3.86. The van der Waals surface area contributed by atoms with Crippen LogP contribution >= 0.6 is 34.8 Å². The van der Waals surface area contributed by atoms with Gasteiger partial charge in [-0.05, 0) is 36.8 Å². The monoisotopic (exact) mass is 300 g/mol. The maximum atomic E-state index is 6.10. The van der Waals surface area contributed by atoms with Gasteiger partial charge in [0, 0.05) is 16.6 Å². The second kappa shape index (κ2) is 5.79. The average molecular weight is 302 g/mol. The number of aromatic nitrogens is 1. The van der Waals surface area contributed by atoms with E-state index in [0.717, 1.165) is 16.9 Å². The van der Waals surface area contributed by atoms with E-state index in [9.17, 15) is 0 Å². The van der Waals surface area contributed by atoms with Crippen LogP contribution in [0.2, 0.25) is 15.2 Å². The number of anilines is 1. The maximum absolute atomic E-state index is 6.10. The maximum Gasteiger partial charge on any atom is 0.129 e. The molecule has 0 bridgehead atoms. The third kappa shape index (κ3) is 3.29. The average Bonchev–Trinajstić information content (AvgIpc) is 2.30. The quantitative estimate of drug-likeness (QED) is 0.810. The van der Waals surface area contributed by atoms with Crippen LogP contribution in [0.1, 0.15) is 11.3 Å². The van der Waals surface area contributed by atoms with Gasteiger partial charge < -0.3 is 5.32 Å². The fourth-order valence-corrected chi connectivity index (χ4v) is 2.24. The van der Waals surface area contributed by atoms with Crippen LogP contribution in [0.25, 0.3) is 0 Å². The van der Waals surface area contributed by atoms with E-state index < -0.39 is 0 Å². The van der Waals surface area contributed by atoms with Crippen LogP contribution < -0.4 is 5.32 Å². The molecule has 2 rings (SSSR count). The van der Waals surface area contributed by atoms with E-state index in [2.05, 4.69) is 10.3 Å². The van der Waals surface area contributed by atoms with Crippen molar-refractivity contribution < 1.29 is 0 Å². The molecule has 0 amide bonds. The lowest BCUT2D eigenvalue weighted by atomic mass is 10.2. The lowest BCUT2D eigenvalue weighted by Gasteiger charge is -2.10. The molecule has 94 valence electrons. The first-order valence-electron chi connectivity index (χ1n) is 5.37. The van der Waals surface area contributed by atoms with Gasteiger partial charge in [-0.15, -0.1) is 0 Å². The Hall–Kier alpha value is -0.960. The molecule has 0 spiro atoms. The first-order chi connectivity index (χ1) is 8.56. The highest BCUT2D eigenvalue weighted by Gasteiger charge is 2.03. The zero-order valence-corrected chi connectivity index (χ0v) is 11.9. The molecule has 0 fully saturated rings. The van der Waals surface area contributed by atoms with Crippen LogP contribution in [-0.2, 0) is 6.54 Å². The summed E-state index contributed by atoms with van der Waals surface area (Å²) < 4.78 is 0. The molecule has 1 aromatic carbocycles. The molecule has 0 atom stereocenters. The predicted molar refractivity (Wildman–Crippen MR) is 77.8 cm³/mol. The highest BCUT2D eigenvalue weighted by molar-refractivity contribution is 6.35. The summed E-state index contributed by atoms with van der Waals surface area (Å²) in [5, 5.41) is 5.04. The molecule has 2 aromatic rings. The Balaban J connectivity index is 2.11. The summed E-state index contributed by atoms with van der Waals surface area (Å²) in [6.07, 6.45) is 0. The molecule has 0 saturated carbocycles. The Bertz CT molecular complexity index is 519. The summed E-state index contributed by atoms with van der Waals surface area (Å²) in [5.74, 6) is 0. The molecule has 5 heteroatoms. The fraction of sp³-hybridized carbons (Fsp3) is 0.154. The third-order valence-electron chi connectivity index (χ3n) is 2.54. The summed E-state index contributed by atoms with van der Waals surface area (Å²) in [6.45, 7) is 2.51. The van der Waals surface area contributed by atoms with Crippen molar-refractivity contribution in [3.05, 3.63) is 56.8 Å². The molecule has 1 N–H and O–H groups in total. The standard InChI is InChI=1S/C13H11Cl3N2/c1-8-12(4-5-13(16)18-8)17-7-9-2-3-10(14)6-11(9)15/h2-6,17H,7H2,1H3. The molecule has 0 aliphatic rings. The Labute approximate surface area is 121 Å². The molecule has 0 unspecified atom stereocenters. The molecule has 0 aliphatic heterocycles. The van der Waals surface area contributed by atoms with E-state index in [1.807, 2.05) is 25.1 Å². The van der Waals surface area contributed by atoms with Gasteiger partial charge in [0.1, 0.15) is 5.15 Å². The van der Waals surface area contributed by atoms with Gasteiger partial charge in [-0.25, -0.2) is 4.98 Å². The van der Waals surface area contributed by atoms with Gasteiger partial charge in [0.15, 0.2) is 0 Å². The zero-order chi connectivity index (χ0) is 13.1. The summed E-state index contributed by atoms with van der Waals surface area (Å²) in [6, 6.07) is 9.09. The smallest absolute Gasteiger partial charge is 0.129 e. The molecule has 1 heterocycles. The number of benzene rings is 1.